The molecule has 1 aliphatic heterocycles. The number of carbonyl (C=O) groups excluding carboxylic acids is 1. The fourth-order valence-corrected chi connectivity index (χ4v) is 3.99. The standard InChI is InChI=1S/C20H23NO3S/c1-23-14-10-11-15(18(13-14)24-2)17-8-6-12-21(17)20(22)16-7-4-5-9-19(16)25-3/h4-5,7,9-11,13,17H,6,8,12H2,1-3H3. The number of benzene rings is 2. The summed E-state index contributed by atoms with van der Waals surface area (Å²) in [7, 11) is 3.29. The van der Waals surface area contributed by atoms with Crippen molar-refractivity contribution in [2.24, 2.45) is 0 Å². The van der Waals surface area contributed by atoms with Gasteiger partial charge in [-0.05, 0) is 43.4 Å². The smallest absolute Gasteiger partial charge is 0.255 e. The van der Waals surface area contributed by atoms with Crippen molar-refractivity contribution < 1.29 is 14.3 Å². The van der Waals surface area contributed by atoms with E-state index in [2.05, 4.69) is 0 Å². The third kappa shape index (κ3) is 3.47. The maximum absolute atomic E-state index is 13.2. The summed E-state index contributed by atoms with van der Waals surface area (Å²) in [5, 5.41) is 0. The molecule has 25 heavy (non-hydrogen) atoms. The molecule has 5 heteroatoms. The molecule has 3 rings (SSSR count). The first-order valence-corrected chi connectivity index (χ1v) is 9.58. The topological polar surface area (TPSA) is 38.8 Å². The van der Waals surface area contributed by atoms with Gasteiger partial charge in [-0.3, -0.25) is 4.79 Å². The van der Waals surface area contributed by atoms with Crippen LogP contribution in [0.1, 0.15) is 34.8 Å². The molecule has 0 N–H and O–H groups in total. The second-order valence-electron chi connectivity index (χ2n) is 5.96. The molecule has 1 amide bonds. The number of thioether (sulfide) groups is 1. The number of likely N-dealkylation sites (tertiary alicyclic amines) is 1. The molecule has 0 aliphatic carbocycles. The van der Waals surface area contributed by atoms with Crippen LogP contribution < -0.4 is 9.47 Å². The molecular weight excluding hydrogens is 334 g/mol. The molecule has 132 valence electrons. The molecule has 2 aromatic rings. The average Bonchev–Trinajstić information content (AvgIpc) is 3.16. The van der Waals surface area contributed by atoms with Crippen LogP contribution in [0.15, 0.2) is 47.4 Å². The van der Waals surface area contributed by atoms with Crippen molar-refractivity contribution >= 4 is 17.7 Å². The molecule has 0 bridgehead atoms. The van der Waals surface area contributed by atoms with E-state index >= 15 is 0 Å². The minimum absolute atomic E-state index is 0.0308. The highest BCUT2D eigenvalue weighted by molar-refractivity contribution is 7.98. The maximum Gasteiger partial charge on any atom is 0.255 e. The highest BCUT2D eigenvalue weighted by atomic mass is 32.2. The molecule has 1 heterocycles. The van der Waals surface area contributed by atoms with E-state index in [-0.39, 0.29) is 11.9 Å². The zero-order chi connectivity index (χ0) is 17.8. The number of rotatable bonds is 5. The van der Waals surface area contributed by atoms with Crippen LogP contribution in [-0.4, -0.2) is 37.8 Å². The summed E-state index contributed by atoms with van der Waals surface area (Å²) in [5.74, 6) is 1.61. The van der Waals surface area contributed by atoms with E-state index in [9.17, 15) is 4.79 Å². The molecule has 0 aromatic heterocycles. The quantitative estimate of drug-likeness (QED) is 0.744. The molecule has 1 fully saturated rings. The second kappa shape index (κ2) is 7.83. The molecule has 0 spiro atoms. The molecule has 1 atom stereocenters. The summed E-state index contributed by atoms with van der Waals surface area (Å²) in [4.78, 5) is 16.2. The van der Waals surface area contributed by atoms with Crippen molar-refractivity contribution in [3.05, 3.63) is 53.6 Å². The Morgan fingerprint density at radius 3 is 2.68 bits per heavy atom. The Bertz CT molecular complexity index is 762. The lowest BCUT2D eigenvalue weighted by molar-refractivity contribution is 0.0730. The highest BCUT2D eigenvalue weighted by Gasteiger charge is 2.33. The van der Waals surface area contributed by atoms with Crippen LogP contribution in [0, 0.1) is 0 Å². The zero-order valence-electron chi connectivity index (χ0n) is 14.8. The highest BCUT2D eigenvalue weighted by Crippen LogP contribution is 2.39. The van der Waals surface area contributed by atoms with E-state index in [0.29, 0.717) is 0 Å². The Hall–Kier alpha value is -2.14. The van der Waals surface area contributed by atoms with Crippen LogP contribution in [0.5, 0.6) is 11.5 Å². The minimum atomic E-state index is 0.0308. The summed E-state index contributed by atoms with van der Waals surface area (Å²) >= 11 is 1.60. The van der Waals surface area contributed by atoms with Gasteiger partial charge in [-0.2, -0.15) is 0 Å². The van der Waals surface area contributed by atoms with Crippen LogP contribution in [0.25, 0.3) is 0 Å². The molecule has 1 aliphatic rings. The lowest BCUT2D eigenvalue weighted by atomic mass is 10.0. The van der Waals surface area contributed by atoms with Crippen LogP contribution in [-0.2, 0) is 0 Å². The Kier molecular flexibility index (Phi) is 5.53. The largest absolute Gasteiger partial charge is 0.497 e. The van der Waals surface area contributed by atoms with Crippen LogP contribution in [0.4, 0.5) is 0 Å². The number of ether oxygens (including phenoxy) is 2. The fraction of sp³-hybridized carbons (Fsp3) is 0.350. The lowest BCUT2D eigenvalue weighted by Crippen LogP contribution is -2.31. The van der Waals surface area contributed by atoms with Crippen LogP contribution in [0.3, 0.4) is 0 Å². The van der Waals surface area contributed by atoms with Crippen molar-refractivity contribution in [1.82, 2.24) is 4.90 Å². The van der Waals surface area contributed by atoms with Crippen molar-refractivity contribution in [2.45, 2.75) is 23.8 Å². The van der Waals surface area contributed by atoms with Gasteiger partial charge in [-0.1, -0.05) is 12.1 Å². The predicted molar refractivity (Wildman–Crippen MR) is 101 cm³/mol. The Balaban J connectivity index is 1.94. The molecule has 1 saturated heterocycles. The first kappa shape index (κ1) is 17.7. The van der Waals surface area contributed by atoms with Gasteiger partial charge < -0.3 is 14.4 Å². The lowest BCUT2D eigenvalue weighted by Gasteiger charge is -2.27. The number of nitrogens with zero attached hydrogens (tertiary/aromatic N) is 1. The number of amides is 1. The molecule has 0 saturated carbocycles. The molecule has 1 unspecified atom stereocenters. The van der Waals surface area contributed by atoms with Crippen molar-refractivity contribution in [1.29, 1.82) is 0 Å². The van der Waals surface area contributed by atoms with E-state index in [1.54, 1.807) is 26.0 Å². The van der Waals surface area contributed by atoms with Gasteiger partial charge in [0.15, 0.2) is 0 Å². The minimum Gasteiger partial charge on any atom is -0.497 e. The summed E-state index contributed by atoms with van der Waals surface area (Å²) < 4.78 is 10.8. The second-order valence-corrected chi connectivity index (χ2v) is 6.81. The van der Waals surface area contributed by atoms with E-state index in [1.807, 2.05) is 53.6 Å². The van der Waals surface area contributed by atoms with E-state index in [1.165, 1.54) is 0 Å². The fourth-order valence-electron chi connectivity index (χ4n) is 3.40. The molecule has 0 radical (unpaired) electrons. The summed E-state index contributed by atoms with van der Waals surface area (Å²) in [6.07, 6.45) is 3.93. The van der Waals surface area contributed by atoms with Crippen molar-refractivity contribution in [2.75, 3.05) is 27.0 Å². The Morgan fingerprint density at radius 2 is 1.96 bits per heavy atom. The first-order valence-electron chi connectivity index (χ1n) is 8.35. The normalized spacial score (nSPS) is 16.8. The number of methoxy groups -OCH3 is 2. The number of carbonyl (C=O) groups is 1. The van der Waals surface area contributed by atoms with Gasteiger partial charge in [0.2, 0.25) is 0 Å². The van der Waals surface area contributed by atoms with Gasteiger partial charge in [0.25, 0.3) is 5.91 Å². The van der Waals surface area contributed by atoms with Gasteiger partial charge in [0, 0.05) is 23.1 Å². The molecule has 4 nitrogen and oxygen atoms in total. The van der Waals surface area contributed by atoms with E-state index in [4.69, 9.17) is 9.47 Å². The van der Waals surface area contributed by atoms with Crippen molar-refractivity contribution in [3.8, 4) is 11.5 Å². The first-order chi connectivity index (χ1) is 12.2. The van der Waals surface area contributed by atoms with Gasteiger partial charge in [0.05, 0.1) is 25.8 Å². The summed E-state index contributed by atoms with van der Waals surface area (Å²) in [6, 6.07) is 13.6. The van der Waals surface area contributed by atoms with Gasteiger partial charge >= 0.3 is 0 Å². The number of hydrogen-bond acceptors (Lipinski definition) is 4. The van der Waals surface area contributed by atoms with Crippen LogP contribution >= 0.6 is 11.8 Å². The third-order valence-electron chi connectivity index (χ3n) is 4.65. The van der Waals surface area contributed by atoms with Crippen molar-refractivity contribution in [3.63, 3.8) is 0 Å². The number of hydrogen-bond donors (Lipinski definition) is 0. The molecular formula is C20H23NO3S. The van der Waals surface area contributed by atoms with E-state index in [0.717, 1.165) is 46.9 Å². The summed E-state index contributed by atoms with van der Waals surface area (Å²) in [6.45, 7) is 0.765. The Labute approximate surface area is 153 Å². The maximum atomic E-state index is 13.2. The van der Waals surface area contributed by atoms with E-state index < -0.39 is 0 Å². The average molecular weight is 357 g/mol. The zero-order valence-corrected chi connectivity index (χ0v) is 15.6. The van der Waals surface area contributed by atoms with Crippen LogP contribution in [0.2, 0.25) is 0 Å². The Morgan fingerprint density at radius 1 is 1.16 bits per heavy atom. The molecule has 2 aromatic carbocycles. The van der Waals surface area contributed by atoms with Gasteiger partial charge in [-0.25, -0.2) is 0 Å². The predicted octanol–water partition coefficient (Wildman–Crippen LogP) is 4.40. The van der Waals surface area contributed by atoms with Gasteiger partial charge in [0.1, 0.15) is 11.5 Å². The summed E-state index contributed by atoms with van der Waals surface area (Å²) in [5.41, 5.74) is 1.81. The van der Waals surface area contributed by atoms with Gasteiger partial charge in [-0.15, -0.1) is 11.8 Å². The SMILES string of the molecule is COc1ccc(C2CCCN2C(=O)c2ccccc2SC)c(OC)c1. The monoisotopic (exact) mass is 357 g/mol. The third-order valence-corrected chi connectivity index (χ3v) is 5.45.